The van der Waals surface area contributed by atoms with Gasteiger partial charge >= 0.3 is 5.69 Å². The first-order valence-corrected chi connectivity index (χ1v) is 6.95. The normalized spacial score (nSPS) is 18.8. The second-order valence-corrected chi connectivity index (χ2v) is 5.18. The highest BCUT2D eigenvalue weighted by molar-refractivity contribution is 6.31. The lowest BCUT2D eigenvalue weighted by Gasteiger charge is -2.23. The van der Waals surface area contributed by atoms with Crippen LogP contribution in [0, 0.1) is 15.9 Å². The number of nitrogens with zero attached hydrogens (tertiary/aromatic N) is 1. The van der Waals surface area contributed by atoms with E-state index in [0.717, 1.165) is 31.5 Å². The zero-order valence-corrected chi connectivity index (χ0v) is 11.7. The van der Waals surface area contributed by atoms with Crippen LogP contribution in [0.3, 0.4) is 0 Å². The Morgan fingerprint density at radius 2 is 2.30 bits per heavy atom. The average molecular weight is 303 g/mol. The van der Waals surface area contributed by atoms with Crippen molar-refractivity contribution in [1.82, 2.24) is 5.32 Å². The summed E-state index contributed by atoms with van der Waals surface area (Å²) in [5.74, 6) is -0.808. The van der Waals surface area contributed by atoms with Crippen molar-refractivity contribution in [3.8, 4) is 5.75 Å². The molecule has 1 fully saturated rings. The molecule has 110 valence electrons. The van der Waals surface area contributed by atoms with Gasteiger partial charge in [-0.15, -0.1) is 0 Å². The minimum Gasteiger partial charge on any atom is -0.487 e. The molecule has 1 aromatic rings. The lowest BCUT2D eigenvalue weighted by atomic mass is 10.0. The minimum absolute atomic E-state index is 0.0113. The molecular weight excluding hydrogens is 287 g/mol. The summed E-state index contributed by atoms with van der Waals surface area (Å²) >= 11 is 5.63. The van der Waals surface area contributed by atoms with Crippen LogP contribution in [0.1, 0.15) is 25.7 Å². The quantitative estimate of drug-likeness (QED) is 0.669. The van der Waals surface area contributed by atoms with Crippen LogP contribution in [-0.2, 0) is 0 Å². The first-order chi connectivity index (χ1) is 9.58. The Hall–Kier alpha value is -1.40. The molecule has 1 saturated heterocycles. The third kappa shape index (κ3) is 3.80. The Bertz CT molecular complexity index is 493. The van der Waals surface area contributed by atoms with Gasteiger partial charge in [-0.1, -0.05) is 18.0 Å². The molecular formula is C13H16ClFN2O3. The molecule has 0 aromatic heterocycles. The Kier molecular flexibility index (Phi) is 5.14. The van der Waals surface area contributed by atoms with Crippen molar-refractivity contribution in [2.75, 3.05) is 13.2 Å². The van der Waals surface area contributed by atoms with Gasteiger partial charge in [0, 0.05) is 12.1 Å². The van der Waals surface area contributed by atoms with Crippen LogP contribution in [0.15, 0.2) is 12.1 Å². The van der Waals surface area contributed by atoms with E-state index in [4.69, 9.17) is 16.3 Å². The molecule has 7 heteroatoms. The molecule has 2 rings (SSSR count). The van der Waals surface area contributed by atoms with Gasteiger partial charge in [0.2, 0.25) is 0 Å². The van der Waals surface area contributed by atoms with E-state index in [1.54, 1.807) is 0 Å². The lowest BCUT2D eigenvalue weighted by molar-refractivity contribution is -0.386. The van der Waals surface area contributed by atoms with Gasteiger partial charge in [0.1, 0.15) is 5.82 Å². The van der Waals surface area contributed by atoms with Crippen molar-refractivity contribution in [3.05, 3.63) is 33.1 Å². The number of nitro groups is 1. The van der Waals surface area contributed by atoms with E-state index in [2.05, 4.69) is 5.32 Å². The van der Waals surface area contributed by atoms with Gasteiger partial charge in [-0.3, -0.25) is 10.1 Å². The summed E-state index contributed by atoms with van der Waals surface area (Å²) in [6.45, 7) is 1.33. The third-order valence-electron chi connectivity index (χ3n) is 3.33. The molecule has 1 atom stereocenters. The van der Waals surface area contributed by atoms with E-state index in [0.29, 0.717) is 12.6 Å². The first kappa shape index (κ1) is 15.0. The maximum absolute atomic E-state index is 13.2. The van der Waals surface area contributed by atoms with Gasteiger partial charge in [0.15, 0.2) is 5.75 Å². The van der Waals surface area contributed by atoms with Gasteiger partial charge in [0.05, 0.1) is 22.6 Å². The van der Waals surface area contributed by atoms with E-state index in [1.165, 1.54) is 12.8 Å². The van der Waals surface area contributed by atoms with Crippen molar-refractivity contribution >= 4 is 17.3 Å². The van der Waals surface area contributed by atoms with Crippen molar-refractivity contribution in [3.63, 3.8) is 0 Å². The van der Waals surface area contributed by atoms with Crippen LogP contribution < -0.4 is 10.1 Å². The molecule has 0 radical (unpaired) electrons. The maximum atomic E-state index is 13.2. The molecule has 5 nitrogen and oxygen atoms in total. The molecule has 0 aliphatic carbocycles. The van der Waals surface area contributed by atoms with E-state index >= 15 is 0 Å². The predicted molar refractivity (Wildman–Crippen MR) is 73.8 cm³/mol. The van der Waals surface area contributed by atoms with Crippen molar-refractivity contribution < 1.29 is 14.1 Å². The van der Waals surface area contributed by atoms with Crippen LogP contribution in [0.25, 0.3) is 0 Å². The summed E-state index contributed by atoms with van der Waals surface area (Å²) in [7, 11) is 0. The Morgan fingerprint density at radius 3 is 2.95 bits per heavy atom. The summed E-state index contributed by atoms with van der Waals surface area (Å²) in [5, 5.41) is 14.0. The highest BCUT2D eigenvalue weighted by Gasteiger charge is 2.20. The number of hydrogen-bond donors (Lipinski definition) is 1. The monoisotopic (exact) mass is 302 g/mol. The smallest absolute Gasteiger partial charge is 0.313 e. The summed E-state index contributed by atoms with van der Waals surface area (Å²) in [5.41, 5.74) is -0.400. The second-order valence-electron chi connectivity index (χ2n) is 4.78. The highest BCUT2D eigenvalue weighted by Crippen LogP contribution is 2.32. The fourth-order valence-electron chi connectivity index (χ4n) is 2.26. The van der Waals surface area contributed by atoms with Crippen LogP contribution >= 0.6 is 11.6 Å². The number of hydrogen-bond acceptors (Lipinski definition) is 4. The average Bonchev–Trinajstić information content (AvgIpc) is 2.43. The Labute approximate surface area is 121 Å². The number of benzene rings is 1. The SMILES string of the molecule is O=[N+]([O-])c1cc(F)c(Cl)cc1OCCC1CCCCN1. The largest absolute Gasteiger partial charge is 0.487 e. The Balaban J connectivity index is 1.97. The minimum atomic E-state index is -0.820. The number of nitrogens with one attached hydrogen (secondary N) is 1. The third-order valence-corrected chi connectivity index (χ3v) is 3.62. The first-order valence-electron chi connectivity index (χ1n) is 6.57. The fourth-order valence-corrected chi connectivity index (χ4v) is 2.41. The molecule has 0 amide bonds. The van der Waals surface area contributed by atoms with E-state index in [1.807, 2.05) is 0 Å². The second kappa shape index (κ2) is 6.85. The van der Waals surface area contributed by atoms with Gasteiger partial charge in [-0.25, -0.2) is 4.39 Å². The number of halogens is 2. The van der Waals surface area contributed by atoms with Crippen molar-refractivity contribution in [2.45, 2.75) is 31.7 Å². The predicted octanol–water partition coefficient (Wildman–Crippen LogP) is 3.30. The molecule has 0 spiro atoms. The molecule has 1 heterocycles. The number of ether oxygens (including phenoxy) is 1. The molecule has 0 saturated carbocycles. The van der Waals surface area contributed by atoms with Crippen LogP contribution in [0.5, 0.6) is 5.75 Å². The van der Waals surface area contributed by atoms with Crippen molar-refractivity contribution in [2.24, 2.45) is 0 Å². The molecule has 1 aromatic carbocycles. The topological polar surface area (TPSA) is 64.4 Å². The molecule has 1 aliphatic rings. The summed E-state index contributed by atoms with van der Waals surface area (Å²) in [4.78, 5) is 10.2. The molecule has 1 aliphatic heterocycles. The summed E-state index contributed by atoms with van der Waals surface area (Å²) in [6, 6.07) is 2.32. The van der Waals surface area contributed by atoms with Crippen LogP contribution in [-0.4, -0.2) is 24.1 Å². The fraction of sp³-hybridized carbons (Fsp3) is 0.538. The zero-order valence-electron chi connectivity index (χ0n) is 10.9. The Morgan fingerprint density at radius 1 is 1.50 bits per heavy atom. The van der Waals surface area contributed by atoms with E-state index in [-0.39, 0.29) is 10.8 Å². The zero-order chi connectivity index (χ0) is 14.5. The van der Waals surface area contributed by atoms with E-state index < -0.39 is 16.4 Å². The van der Waals surface area contributed by atoms with Crippen LogP contribution in [0.4, 0.5) is 10.1 Å². The van der Waals surface area contributed by atoms with E-state index in [9.17, 15) is 14.5 Å². The molecule has 1 unspecified atom stereocenters. The maximum Gasteiger partial charge on any atom is 0.313 e. The molecule has 20 heavy (non-hydrogen) atoms. The van der Waals surface area contributed by atoms with Gasteiger partial charge in [-0.2, -0.15) is 0 Å². The van der Waals surface area contributed by atoms with Crippen LogP contribution in [0.2, 0.25) is 5.02 Å². The molecule has 1 N–H and O–H groups in total. The van der Waals surface area contributed by atoms with Crippen molar-refractivity contribution in [1.29, 1.82) is 0 Å². The number of nitro benzene ring substituents is 1. The van der Waals surface area contributed by atoms with Gasteiger partial charge in [0.25, 0.3) is 0 Å². The summed E-state index contributed by atoms with van der Waals surface area (Å²) < 4.78 is 18.6. The lowest BCUT2D eigenvalue weighted by Crippen LogP contribution is -2.35. The standard InChI is InChI=1S/C13H16ClFN2O3/c14-10-7-13(12(17(18)19)8-11(10)15)20-6-4-9-3-1-2-5-16-9/h7-9,16H,1-6H2. The number of piperidine rings is 1. The van der Waals surface area contributed by atoms with Gasteiger partial charge in [-0.05, 0) is 25.8 Å². The summed E-state index contributed by atoms with van der Waals surface area (Å²) in [6.07, 6.45) is 4.19. The number of rotatable bonds is 5. The molecule has 0 bridgehead atoms. The van der Waals surface area contributed by atoms with Gasteiger partial charge < -0.3 is 10.1 Å². The highest BCUT2D eigenvalue weighted by atomic mass is 35.5.